The number of hydrogen-bond acceptors (Lipinski definition) is 7. The maximum atomic E-state index is 13.0. The molecule has 0 unspecified atom stereocenters. The van der Waals surface area contributed by atoms with Crippen molar-refractivity contribution in [2.45, 2.75) is 43.9 Å². The van der Waals surface area contributed by atoms with Gasteiger partial charge in [-0.2, -0.15) is 0 Å². The van der Waals surface area contributed by atoms with Crippen LogP contribution >= 0.6 is 11.3 Å². The molecule has 0 radical (unpaired) electrons. The first kappa shape index (κ1) is 22.5. The number of thiophene rings is 1. The van der Waals surface area contributed by atoms with Crippen molar-refractivity contribution in [1.82, 2.24) is 0 Å². The first-order chi connectivity index (χ1) is 15.3. The molecule has 1 aliphatic carbocycles. The molecule has 0 fully saturated rings. The minimum absolute atomic E-state index is 0.0393. The Morgan fingerprint density at radius 3 is 2.69 bits per heavy atom. The highest BCUT2D eigenvalue weighted by Crippen LogP contribution is 2.39. The molecule has 32 heavy (non-hydrogen) atoms. The normalized spacial score (nSPS) is 17.2. The topological polar surface area (TPSA) is 110 Å². The number of anilines is 2. The third-order valence-corrected chi connectivity index (χ3v) is 8.55. The number of ether oxygens (including phenoxy) is 1. The molecule has 8 nitrogen and oxygen atoms in total. The van der Waals surface area contributed by atoms with Crippen LogP contribution in [0.25, 0.3) is 0 Å². The fourth-order valence-electron chi connectivity index (χ4n) is 4.10. The van der Waals surface area contributed by atoms with E-state index in [2.05, 4.69) is 5.32 Å². The lowest BCUT2D eigenvalue weighted by Gasteiger charge is -2.21. The summed E-state index contributed by atoms with van der Waals surface area (Å²) in [5, 5.41) is 3.20. The molecular formula is C22H24N2O6S2. The van der Waals surface area contributed by atoms with Crippen LogP contribution in [-0.4, -0.2) is 45.1 Å². The zero-order valence-electron chi connectivity index (χ0n) is 17.7. The fraction of sp³-hybridized carbons (Fsp3) is 0.409. The molecule has 0 saturated heterocycles. The molecule has 1 aliphatic heterocycles. The highest BCUT2D eigenvalue weighted by atomic mass is 32.2. The molecule has 0 spiro atoms. The molecule has 2 aliphatic rings. The Morgan fingerprint density at radius 1 is 1.16 bits per heavy atom. The number of aryl methyl sites for hydroxylation is 1. The first-order valence-corrected chi connectivity index (χ1v) is 13.0. The second-order valence-electron chi connectivity index (χ2n) is 7.70. The Balaban J connectivity index is 1.62. The van der Waals surface area contributed by atoms with Gasteiger partial charge in [-0.15, -0.1) is 11.3 Å². The fourth-order valence-corrected chi connectivity index (χ4v) is 6.84. The molecule has 2 amide bonds. The largest absolute Gasteiger partial charge is 0.462 e. The molecule has 2 aromatic rings. The number of nitrogens with zero attached hydrogens (tertiary/aromatic N) is 1. The van der Waals surface area contributed by atoms with Gasteiger partial charge in [0, 0.05) is 11.3 Å². The lowest BCUT2D eigenvalue weighted by molar-refractivity contribution is -0.121. The van der Waals surface area contributed by atoms with E-state index < -0.39 is 27.6 Å². The quantitative estimate of drug-likeness (QED) is 0.665. The number of sulfone groups is 1. The number of hydrogen-bond donors (Lipinski definition) is 1. The number of nitrogens with one attached hydrogen (secondary N) is 1. The third kappa shape index (κ3) is 4.29. The molecule has 1 N–H and O–H groups in total. The number of esters is 1. The molecule has 170 valence electrons. The Hall–Kier alpha value is -2.72. The number of carbonyl (C=O) groups is 3. The maximum absolute atomic E-state index is 13.0. The van der Waals surface area contributed by atoms with Crippen LogP contribution in [0, 0.1) is 0 Å². The summed E-state index contributed by atoms with van der Waals surface area (Å²) in [5.41, 5.74) is 1.52. The van der Waals surface area contributed by atoms with Crippen molar-refractivity contribution in [2.75, 3.05) is 29.1 Å². The van der Waals surface area contributed by atoms with Crippen molar-refractivity contribution in [3.05, 3.63) is 40.3 Å². The van der Waals surface area contributed by atoms with E-state index >= 15 is 0 Å². The number of benzene rings is 1. The molecule has 2 heterocycles. The second-order valence-corrected chi connectivity index (χ2v) is 10.9. The van der Waals surface area contributed by atoms with Crippen LogP contribution in [0.5, 0.6) is 0 Å². The van der Waals surface area contributed by atoms with Crippen LogP contribution < -0.4 is 10.2 Å². The lowest BCUT2D eigenvalue weighted by atomic mass is 9.95. The van der Waals surface area contributed by atoms with E-state index in [0.29, 0.717) is 10.6 Å². The maximum Gasteiger partial charge on any atom is 0.341 e. The number of amides is 2. The van der Waals surface area contributed by atoms with Gasteiger partial charge in [0.2, 0.25) is 11.8 Å². The van der Waals surface area contributed by atoms with Gasteiger partial charge in [-0.1, -0.05) is 12.1 Å². The molecule has 0 atom stereocenters. The van der Waals surface area contributed by atoms with Crippen molar-refractivity contribution in [3.63, 3.8) is 0 Å². The molecule has 10 heteroatoms. The van der Waals surface area contributed by atoms with Gasteiger partial charge in [0.15, 0.2) is 9.84 Å². The van der Waals surface area contributed by atoms with Crippen LogP contribution in [0.2, 0.25) is 0 Å². The first-order valence-electron chi connectivity index (χ1n) is 10.6. The highest BCUT2D eigenvalue weighted by Gasteiger charge is 2.32. The van der Waals surface area contributed by atoms with E-state index in [9.17, 15) is 22.8 Å². The summed E-state index contributed by atoms with van der Waals surface area (Å²) in [4.78, 5) is 40.5. The number of fused-ring (bicyclic) bond motifs is 2. The van der Waals surface area contributed by atoms with Gasteiger partial charge in [0.05, 0.1) is 28.5 Å². The van der Waals surface area contributed by atoms with Gasteiger partial charge >= 0.3 is 5.97 Å². The molecule has 1 aromatic carbocycles. The highest BCUT2D eigenvalue weighted by molar-refractivity contribution is 7.91. The smallest absolute Gasteiger partial charge is 0.341 e. The van der Waals surface area contributed by atoms with Crippen molar-refractivity contribution in [1.29, 1.82) is 0 Å². The second kappa shape index (κ2) is 9.03. The minimum atomic E-state index is -3.62. The third-order valence-electron chi connectivity index (χ3n) is 5.58. The van der Waals surface area contributed by atoms with Crippen LogP contribution in [-0.2, 0) is 37.0 Å². The van der Waals surface area contributed by atoms with Crippen molar-refractivity contribution < 1.29 is 27.5 Å². The zero-order valence-corrected chi connectivity index (χ0v) is 19.3. The van der Waals surface area contributed by atoms with Gasteiger partial charge in [-0.3, -0.25) is 9.59 Å². The van der Waals surface area contributed by atoms with E-state index in [1.807, 2.05) is 0 Å². The number of carbonyl (C=O) groups excluding carboxylic acids is 3. The summed E-state index contributed by atoms with van der Waals surface area (Å²) in [7, 11) is -3.62. The summed E-state index contributed by atoms with van der Waals surface area (Å²) in [6, 6.07) is 6.19. The summed E-state index contributed by atoms with van der Waals surface area (Å²) >= 11 is 1.36. The van der Waals surface area contributed by atoms with Crippen LogP contribution in [0.3, 0.4) is 0 Å². The molecule has 0 bridgehead atoms. The van der Waals surface area contributed by atoms with E-state index in [1.165, 1.54) is 28.4 Å². The Morgan fingerprint density at radius 2 is 1.91 bits per heavy atom. The summed E-state index contributed by atoms with van der Waals surface area (Å²) in [6.45, 7) is 1.60. The number of para-hydroxylation sites is 1. The van der Waals surface area contributed by atoms with E-state index in [-0.39, 0.29) is 35.9 Å². The van der Waals surface area contributed by atoms with E-state index in [1.54, 1.807) is 19.1 Å². The molecular weight excluding hydrogens is 452 g/mol. The van der Waals surface area contributed by atoms with Crippen molar-refractivity contribution in [3.8, 4) is 0 Å². The Bertz CT molecular complexity index is 1190. The average molecular weight is 477 g/mol. The van der Waals surface area contributed by atoms with Gasteiger partial charge < -0.3 is 15.0 Å². The van der Waals surface area contributed by atoms with Crippen molar-refractivity contribution >= 4 is 49.6 Å². The Kier molecular flexibility index (Phi) is 6.34. The molecule has 1 aromatic heterocycles. The predicted octanol–water partition coefficient (Wildman–Crippen LogP) is 2.95. The van der Waals surface area contributed by atoms with Gasteiger partial charge in [0.25, 0.3) is 0 Å². The molecule has 0 saturated carbocycles. The molecule has 4 rings (SSSR count). The van der Waals surface area contributed by atoms with Gasteiger partial charge in [-0.05, 0) is 50.3 Å². The van der Waals surface area contributed by atoms with E-state index in [4.69, 9.17) is 4.74 Å². The summed E-state index contributed by atoms with van der Waals surface area (Å²) < 4.78 is 30.3. The van der Waals surface area contributed by atoms with Crippen LogP contribution in [0.4, 0.5) is 10.7 Å². The van der Waals surface area contributed by atoms with Gasteiger partial charge in [-0.25, -0.2) is 13.2 Å². The van der Waals surface area contributed by atoms with Crippen molar-refractivity contribution in [2.24, 2.45) is 0 Å². The van der Waals surface area contributed by atoms with E-state index in [0.717, 1.165) is 36.1 Å². The van der Waals surface area contributed by atoms with Gasteiger partial charge in [0.1, 0.15) is 11.5 Å². The lowest BCUT2D eigenvalue weighted by Crippen LogP contribution is -2.38. The summed E-state index contributed by atoms with van der Waals surface area (Å²) in [5.74, 6) is -1.71. The Labute approximate surface area is 190 Å². The number of rotatable bonds is 5. The minimum Gasteiger partial charge on any atom is -0.462 e. The van der Waals surface area contributed by atoms with Crippen LogP contribution in [0.1, 0.15) is 47.0 Å². The predicted molar refractivity (Wildman–Crippen MR) is 121 cm³/mol. The standard InChI is InChI=1S/C22H24N2O6S2/c1-2-30-22(27)20-14-7-3-5-9-16(14)31-21(20)23-18(25)13-24-15-8-4-6-10-17(15)32(28,29)12-11-19(24)26/h4,6,8,10H,2-3,5,7,9,11-13H2,1H3,(H,23,25). The average Bonchev–Trinajstić information content (AvgIpc) is 3.09. The van der Waals surface area contributed by atoms with Crippen LogP contribution in [0.15, 0.2) is 29.2 Å². The SMILES string of the molecule is CCOC(=O)c1c(NC(=O)CN2C(=O)CCS(=O)(=O)c3ccccc32)sc2c1CCCC2. The zero-order chi connectivity index (χ0) is 22.9. The monoisotopic (exact) mass is 476 g/mol. The summed E-state index contributed by atoms with van der Waals surface area (Å²) in [6.07, 6.45) is 3.39.